The van der Waals surface area contributed by atoms with Crippen LogP contribution in [-0.2, 0) is 13.6 Å². The lowest BCUT2D eigenvalue weighted by Gasteiger charge is -2.42. The number of hydrogen-bond acceptors (Lipinski definition) is 4. The van der Waals surface area contributed by atoms with Crippen LogP contribution < -0.4 is 10.1 Å². The number of hydrogen-bond donors (Lipinski definition) is 1. The van der Waals surface area contributed by atoms with Crippen LogP contribution in [0.1, 0.15) is 43.0 Å². The first-order chi connectivity index (χ1) is 12.8. The summed E-state index contributed by atoms with van der Waals surface area (Å²) < 4.78 is 7.40. The molecular weight excluding hydrogens is 324 g/mol. The zero-order valence-electron chi connectivity index (χ0n) is 15.9. The molecule has 2 fully saturated rings. The molecular formula is C21H30N4O. The van der Waals surface area contributed by atoms with E-state index in [4.69, 9.17) is 4.74 Å². The van der Waals surface area contributed by atoms with Crippen molar-refractivity contribution in [2.45, 2.75) is 44.3 Å². The van der Waals surface area contributed by atoms with Crippen LogP contribution in [0.5, 0.6) is 5.75 Å². The molecule has 5 nitrogen and oxygen atoms in total. The number of nitrogens with one attached hydrogen (secondary N) is 1. The molecule has 1 saturated heterocycles. The van der Waals surface area contributed by atoms with Crippen molar-refractivity contribution in [3.63, 3.8) is 0 Å². The second-order valence-electron chi connectivity index (χ2n) is 7.68. The van der Waals surface area contributed by atoms with E-state index in [1.165, 1.54) is 43.5 Å². The largest absolute Gasteiger partial charge is 0.497 e. The minimum atomic E-state index is 0.488. The molecule has 1 aromatic carbocycles. The van der Waals surface area contributed by atoms with Gasteiger partial charge in [-0.15, -0.1) is 0 Å². The predicted octanol–water partition coefficient (Wildman–Crippen LogP) is 3.13. The second-order valence-corrected chi connectivity index (χ2v) is 7.68. The molecule has 1 saturated carbocycles. The Labute approximate surface area is 156 Å². The fourth-order valence-electron chi connectivity index (χ4n) is 4.40. The topological polar surface area (TPSA) is 42.3 Å². The molecule has 0 bridgehead atoms. The van der Waals surface area contributed by atoms with Crippen molar-refractivity contribution >= 4 is 0 Å². The highest BCUT2D eigenvalue weighted by Gasteiger charge is 2.41. The number of rotatable bonds is 7. The number of ether oxygens (including phenoxy) is 1. The number of nitrogens with zero attached hydrogens (tertiary/aromatic N) is 3. The summed E-state index contributed by atoms with van der Waals surface area (Å²) in [6, 6.07) is 11.8. The fourth-order valence-corrected chi connectivity index (χ4v) is 4.40. The number of aromatic nitrogens is 2. The van der Waals surface area contributed by atoms with Gasteiger partial charge in [0.05, 0.1) is 18.8 Å². The number of aryl methyl sites for hydroxylation is 1. The van der Waals surface area contributed by atoms with E-state index in [9.17, 15) is 0 Å². The van der Waals surface area contributed by atoms with Gasteiger partial charge in [0.15, 0.2) is 0 Å². The highest BCUT2D eigenvalue weighted by molar-refractivity contribution is 5.28. The van der Waals surface area contributed by atoms with Crippen molar-refractivity contribution in [3.05, 3.63) is 47.8 Å². The number of likely N-dealkylation sites (tertiary alicyclic amines) is 1. The molecule has 140 valence electrons. The molecule has 1 aliphatic heterocycles. The summed E-state index contributed by atoms with van der Waals surface area (Å²) in [5.74, 6) is 1.56. The molecule has 2 aliphatic rings. The van der Waals surface area contributed by atoms with Crippen molar-refractivity contribution in [3.8, 4) is 5.75 Å². The Morgan fingerprint density at radius 3 is 2.85 bits per heavy atom. The summed E-state index contributed by atoms with van der Waals surface area (Å²) in [6.45, 7) is 3.15. The van der Waals surface area contributed by atoms with Crippen LogP contribution in [0.2, 0.25) is 0 Å². The molecule has 0 spiro atoms. The zero-order valence-corrected chi connectivity index (χ0v) is 15.9. The lowest BCUT2D eigenvalue weighted by molar-refractivity contribution is 0.0777. The number of piperidine rings is 1. The fraction of sp³-hybridized carbons (Fsp3) is 0.571. The van der Waals surface area contributed by atoms with Crippen molar-refractivity contribution in [2.24, 2.45) is 13.0 Å². The summed E-state index contributed by atoms with van der Waals surface area (Å²) in [4.78, 5) is 2.75. The van der Waals surface area contributed by atoms with E-state index in [1.807, 2.05) is 12.3 Å². The van der Waals surface area contributed by atoms with Crippen LogP contribution in [0.4, 0.5) is 0 Å². The normalized spacial score (nSPS) is 23.9. The molecule has 26 heavy (non-hydrogen) atoms. The molecule has 5 heteroatoms. The predicted molar refractivity (Wildman–Crippen MR) is 103 cm³/mol. The Bertz CT molecular complexity index is 724. The molecule has 1 aromatic heterocycles. The Kier molecular flexibility index (Phi) is 5.27. The van der Waals surface area contributed by atoms with Crippen molar-refractivity contribution in [1.82, 2.24) is 20.0 Å². The van der Waals surface area contributed by atoms with E-state index < -0.39 is 0 Å². The van der Waals surface area contributed by atoms with Crippen molar-refractivity contribution in [1.29, 1.82) is 0 Å². The van der Waals surface area contributed by atoms with E-state index in [0.717, 1.165) is 24.9 Å². The van der Waals surface area contributed by atoms with Gasteiger partial charge in [-0.1, -0.05) is 12.1 Å². The maximum absolute atomic E-state index is 5.33. The van der Waals surface area contributed by atoms with Gasteiger partial charge in [-0.3, -0.25) is 9.58 Å². The third-order valence-electron chi connectivity index (χ3n) is 5.84. The number of methoxy groups -OCH3 is 1. The minimum absolute atomic E-state index is 0.488. The van der Waals surface area contributed by atoms with Gasteiger partial charge >= 0.3 is 0 Å². The molecule has 1 N–H and O–H groups in total. The Hall–Kier alpha value is -1.85. The quantitative estimate of drug-likeness (QED) is 0.829. The molecule has 2 atom stereocenters. The Morgan fingerprint density at radius 1 is 1.23 bits per heavy atom. The molecule has 1 aliphatic carbocycles. The lowest BCUT2D eigenvalue weighted by atomic mass is 9.86. The molecule has 2 aromatic rings. The molecule has 2 heterocycles. The summed E-state index contributed by atoms with van der Waals surface area (Å²) in [7, 11) is 3.80. The van der Waals surface area contributed by atoms with Crippen LogP contribution in [0.25, 0.3) is 0 Å². The third kappa shape index (κ3) is 3.79. The first-order valence-electron chi connectivity index (χ1n) is 9.83. The van der Waals surface area contributed by atoms with Crippen LogP contribution in [0, 0.1) is 5.92 Å². The van der Waals surface area contributed by atoms with Gasteiger partial charge in [-0.05, 0) is 61.9 Å². The first-order valence-corrected chi connectivity index (χ1v) is 9.83. The van der Waals surface area contributed by atoms with Gasteiger partial charge in [-0.25, -0.2) is 0 Å². The minimum Gasteiger partial charge on any atom is -0.497 e. The molecule has 0 unspecified atom stereocenters. The lowest BCUT2D eigenvalue weighted by Crippen LogP contribution is -2.44. The van der Waals surface area contributed by atoms with Gasteiger partial charge in [0.2, 0.25) is 0 Å². The third-order valence-corrected chi connectivity index (χ3v) is 5.84. The molecule has 4 rings (SSSR count). The van der Waals surface area contributed by atoms with E-state index in [0.29, 0.717) is 12.0 Å². The van der Waals surface area contributed by atoms with Gasteiger partial charge in [0.1, 0.15) is 5.75 Å². The first kappa shape index (κ1) is 17.6. The average Bonchev–Trinajstić information content (AvgIpc) is 3.43. The van der Waals surface area contributed by atoms with Crippen molar-refractivity contribution < 1.29 is 4.74 Å². The average molecular weight is 354 g/mol. The maximum atomic E-state index is 5.33. The Morgan fingerprint density at radius 2 is 2.12 bits per heavy atom. The summed E-state index contributed by atoms with van der Waals surface area (Å²) in [5.41, 5.74) is 2.64. The Balaban J connectivity index is 1.44. The summed E-state index contributed by atoms with van der Waals surface area (Å²) in [5, 5.41) is 8.15. The van der Waals surface area contributed by atoms with E-state index >= 15 is 0 Å². The van der Waals surface area contributed by atoms with Crippen LogP contribution >= 0.6 is 0 Å². The zero-order chi connectivity index (χ0) is 17.9. The van der Waals surface area contributed by atoms with E-state index in [-0.39, 0.29) is 0 Å². The van der Waals surface area contributed by atoms with Gasteiger partial charge in [-0.2, -0.15) is 5.10 Å². The van der Waals surface area contributed by atoms with Gasteiger partial charge in [0, 0.05) is 32.4 Å². The summed E-state index contributed by atoms with van der Waals surface area (Å²) >= 11 is 0. The molecule has 0 amide bonds. The monoisotopic (exact) mass is 354 g/mol. The summed E-state index contributed by atoms with van der Waals surface area (Å²) in [6.07, 6.45) is 7.24. The molecule has 0 radical (unpaired) electrons. The van der Waals surface area contributed by atoms with Crippen LogP contribution in [-0.4, -0.2) is 40.9 Å². The number of benzene rings is 1. The van der Waals surface area contributed by atoms with Crippen molar-refractivity contribution in [2.75, 3.05) is 20.2 Å². The second kappa shape index (κ2) is 7.80. The highest BCUT2D eigenvalue weighted by Crippen LogP contribution is 2.42. The smallest absolute Gasteiger partial charge is 0.119 e. The van der Waals surface area contributed by atoms with Crippen LogP contribution in [0.15, 0.2) is 36.5 Å². The van der Waals surface area contributed by atoms with Gasteiger partial charge < -0.3 is 10.1 Å². The van der Waals surface area contributed by atoms with E-state index in [1.54, 1.807) is 7.11 Å². The van der Waals surface area contributed by atoms with Gasteiger partial charge in [0.25, 0.3) is 0 Å². The highest BCUT2D eigenvalue weighted by atomic mass is 16.5. The SMILES string of the molecule is COc1cccc(CNC[C@@H]2CCCN(C3CC3)[C@H]2c2ccnn2C)c1. The van der Waals surface area contributed by atoms with Crippen LogP contribution in [0.3, 0.4) is 0 Å². The standard InChI is InChI=1S/C21H30N4O/c1-24-20(10-11-23-24)21-17(6-4-12-25(21)18-8-9-18)15-22-14-16-5-3-7-19(13-16)26-2/h3,5,7,10-11,13,17-18,21-22H,4,6,8-9,12,14-15H2,1-2H3/t17-,21+/m0/s1. The maximum Gasteiger partial charge on any atom is 0.119 e. The van der Waals surface area contributed by atoms with E-state index in [2.05, 4.69) is 51.3 Å².